The van der Waals surface area contributed by atoms with Gasteiger partial charge in [0.05, 0.1) is 53.3 Å². The average Bonchev–Trinajstić information content (AvgIpc) is 4.02. The molecule has 3 fully saturated rings. The first-order valence-corrected chi connectivity index (χ1v) is 21.9. The molecule has 4 aromatic heterocycles. The largest absolute Gasteiger partial charge is 0.786 e. The first-order chi connectivity index (χ1) is 28.9. The zero-order valence-corrected chi connectivity index (χ0v) is 34.0. The molecule has 0 spiro atoms. The molecule has 27 heteroatoms. The van der Waals surface area contributed by atoms with Crippen LogP contribution in [0.25, 0.3) is 22.3 Å². The summed E-state index contributed by atoms with van der Waals surface area (Å²) in [5, 5.41) is 22.6. The van der Waals surface area contributed by atoms with Crippen LogP contribution in [0.3, 0.4) is 0 Å². The number of rotatable bonds is 9. The van der Waals surface area contributed by atoms with E-state index in [0.717, 1.165) is 11.0 Å². The van der Waals surface area contributed by atoms with Crippen molar-refractivity contribution >= 4 is 73.0 Å². The highest BCUT2D eigenvalue weighted by Crippen LogP contribution is 2.55. The second kappa shape index (κ2) is 17.6. The Balaban J connectivity index is 1.06. The first kappa shape index (κ1) is 41.9. The van der Waals surface area contributed by atoms with Gasteiger partial charge in [0.15, 0.2) is 46.8 Å². The molecule has 7 heterocycles. The predicted molar refractivity (Wildman–Crippen MR) is 205 cm³/mol. The fraction of sp³-hybridized carbons (Fsp3) is 0.455. The number of ether oxygens (including phenoxy) is 2. The number of aromatic amines is 1. The highest BCUT2D eigenvalue weighted by molar-refractivity contribution is 8.07. The summed E-state index contributed by atoms with van der Waals surface area (Å²) >= 11 is 5.75. The van der Waals surface area contributed by atoms with E-state index in [1.165, 1.54) is 10.9 Å². The Morgan fingerprint density at radius 3 is 2.73 bits per heavy atom. The number of imidazole rings is 1. The van der Waals surface area contributed by atoms with Crippen LogP contribution < -0.4 is 21.1 Å². The zero-order chi connectivity index (χ0) is 42.1. The number of nitrogens with one attached hydrogen (secondary N) is 3. The lowest BCUT2D eigenvalue weighted by Crippen LogP contribution is -2.34. The Kier molecular flexibility index (Phi) is 12.3. The lowest BCUT2D eigenvalue weighted by atomic mass is 10.1. The molecule has 3 saturated heterocycles. The second-order valence-corrected chi connectivity index (χ2v) is 17.6. The summed E-state index contributed by atoms with van der Waals surface area (Å²) in [4.78, 5) is 71.0. The van der Waals surface area contributed by atoms with Gasteiger partial charge >= 0.3 is 6.72 Å². The van der Waals surface area contributed by atoms with Gasteiger partial charge in [-0.15, -0.1) is 5.10 Å². The molecular formula is C33H34FN12O11P2S-. The number of halogens is 1. The lowest BCUT2D eigenvalue weighted by molar-refractivity contribution is -0.214. The molecule has 2 bridgehead atoms. The van der Waals surface area contributed by atoms with Gasteiger partial charge in [0.1, 0.15) is 24.6 Å². The number of hydrogen-bond donors (Lipinski definition) is 3. The van der Waals surface area contributed by atoms with Crippen LogP contribution in [0.2, 0.25) is 0 Å². The summed E-state index contributed by atoms with van der Waals surface area (Å²) in [5.74, 6) is -1.44. The standard InChI is InChI=1S/C33H34FN12O11P2S/c1-16(2)28(47)41-33-40-27-23(30(49)42-33)38-15-45(27)31-19-11-18(54-31)12-53-59(60,52-10-6-9-35)57-24-20(13-51-58(50)56-19)55-32(21(24)34)46-26-22(43-44-46)25(36-14-37-26)39-29(48)17-7-4-3-5-8-17/h3-5,7-8,14-16,18-21,24,31-32H,6,10-13H2,1-2H3,(H,36,37,39,48)(H2,40,41,42,47,49)/q-1/t18-,19-,20+,21-,24+,31+,32+,58?,59?/m0/s1. The van der Waals surface area contributed by atoms with E-state index >= 15 is 4.39 Å². The van der Waals surface area contributed by atoms with Crippen LogP contribution in [-0.4, -0.2) is 107 Å². The Morgan fingerprint density at radius 1 is 1.13 bits per heavy atom. The maximum atomic E-state index is 16.7. The molecule has 0 radical (unpaired) electrons. The first-order valence-electron chi connectivity index (χ1n) is 18.3. The number of carbonyl (C=O) groups excluding carboxylic acids is 2. The summed E-state index contributed by atoms with van der Waals surface area (Å²) < 4.78 is 61.0. The number of H-pyrrole nitrogens is 1. The van der Waals surface area contributed by atoms with Crippen molar-refractivity contribution in [1.29, 1.82) is 5.26 Å². The highest BCUT2D eigenvalue weighted by Gasteiger charge is 2.52. The Labute approximate surface area is 344 Å². The summed E-state index contributed by atoms with van der Waals surface area (Å²) in [7, 11) is -2.97. The molecule has 5 aromatic rings. The molecule has 9 atom stereocenters. The Bertz CT molecular complexity index is 2540. The highest BCUT2D eigenvalue weighted by atomic mass is 32.5. The fourth-order valence-corrected chi connectivity index (χ4v) is 9.30. The van der Waals surface area contributed by atoms with Crippen molar-refractivity contribution in [2.24, 2.45) is 5.92 Å². The number of alkyl halides is 1. The van der Waals surface area contributed by atoms with E-state index in [1.54, 1.807) is 44.2 Å². The van der Waals surface area contributed by atoms with E-state index in [1.807, 2.05) is 6.07 Å². The third-order valence-corrected chi connectivity index (χ3v) is 12.5. The van der Waals surface area contributed by atoms with Crippen molar-refractivity contribution in [3.05, 3.63) is 58.9 Å². The van der Waals surface area contributed by atoms with Crippen molar-refractivity contribution in [2.75, 3.05) is 30.5 Å². The van der Waals surface area contributed by atoms with Crippen molar-refractivity contribution in [1.82, 2.24) is 44.5 Å². The van der Waals surface area contributed by atoms with E-state index in [4.69, 9.17) is 43.9 Å². The summed E-state index contributed by atoms with van der Waals surface area (Å²) in [6.45, 7) is -1.72. The van der Waals surface area contributed by atoms with Gasteiger partial charge in [-0.3, -0.25) is 33.8 Å². The van der Waals surface area contributed by atoms with Crippen molar-refractivity contribution in [2.45, 2.75) is 69.7 Å². The third-order valence-electron chi connectivity index (χ3n) is 9.35. The minimum atomic E-state index is -3.94. The molecule has 3 aliphatic heterocycles. The number of hydrogen-bond acceptors (Lipinski definition) is 19. The number of amides is 2. The molecular weight excluding hydrogens is 853 g/mol. The Hall–Kier alpha value is -4.83. The van der Waals surface area contributed by atoms with Crippen LogP contribution in [0.5, 0.6) is 0 Å². The quantitative estimate of drug-likeness (QED) is 0.141. The smallest absolute Gasteiger partial charge is 0.327 e. The maximum Gasteiger partial charge on any atom is 0.327 e. The molecule has 3 N–H and O–H groups in total. The molecule has 8 rings (SSSR count). The van der Waals surface area contributed by atoms with E-state index in [-0.39, 0.29) is 60.1 Å². The molecule has 0 saturated carbocycles. The second-order valence-electron chi connectivity index (χ2n) is 13.7. The molecule has 2 unspecified atom stereocenters. The van der Waals surface area contributed by atoms with Gasteiger partial charge in [-0.05, 0) is 23.9 Å². The van der Waals surface area contributed by atoms with Crippen LogP contribution in [-0.2, 0) is 48.7 Å². The lowest BCUT2D eigenvalue weighted by Gasteiger charge is -2.31. The number of anilines is 2. The summed E-state index contributed by atoms with van der Waals surface area (Å²) in [5.41, 5.74) is -0.348. The fourth-order valence-electron chi connectivity index (χ4n) is 6.44. The molecule has 0 aliphatic carbocycles. The van der Waals surface area contributed by atoms with E-state index in [0.29, 0.717) is 5.56 Å². The van der Waals surface area contributed by atoms with Gasteiger partial charge in [-0.2, -0.15) is 14.9 Å². The summed E-state index contributed by atoms with van der Waals surface area (Å²) in [6.07, 6.45) is -7.24. The van der Waals surface area contributed by atoms with Gasteiger partial charge in [0.2, 0.25) is 11.9 Å². The SMILES string of the molecule is CC(C)C(=O)Nc1nc2c(ncn2[C@@H]2O[C@@H]3COP(=S)(OCCC#N)O[C@H]4[C@H](F)[C@H](n5nnc6c(NC(=O)c7ccccc7)ncnc65)O[C@@H]4COP([O-])O[C@H]2C3)c(=O)[nH]1. The van der Waals surface area contributed by atoms with E-state index in [2.05, 4.69) is 45.9 Å². The van der Waals surface area contributed by atoms with Crippen LogP contribution in [0.1, 0.15) is 49.5 Å². The van der Waals surface area contributed by atoms with E-state index in [9.17, 15) is 24.5 Å². The van der Waals surface area contributed by atoms with Crippen LogP contribution in [0.15, 0.2) is 47.8 Å². The van der Waals surface area contributed by atoms with Crippen molar-refractivity contribution in [3.63, 3.8) is 0 Å². The number of benzene rings is 1. The molecule has 1 aromatic carbocycles. The van der Waals surface area contributed by atoms with Crippen LogP contribution >= 0.6 is 15.3 Å². The minimum absolute atomic E-state index is 0.000603. The monoisotopic (exact) mass is 887 g/mol. The summed E-state index contributed by atoms with van der Waals surface area (Å²) in [6, 6.07) is 10.3. The normalized spacial score (nSPS) is 28.4. The maximum absolute atomic E-state index is 16.7. The van der Waals surface area contributed by atoms with Crippen molar-refractivity contribution < 1.29 is 51.0 Å². The topological polar surface area (TPSA) is 290 Å². The molecule has 316 valence electrons. The number of carbonyl (C=O) groups is 2. The predicted octanol–water partition coefficient (Wildman–Crippen LogP) is 2.28. The average molecular weight is 888 g/mol. The molecule has 3 aliphatic rings. The number of nitriles is 1. The molecule has 23 nitrogen and oxygen atoms in total. The zero-order valence-electron chi connectivity index (χ0n) is 31.4. The van der Waals surface area contributed by atoms with Crippen LogP contribution in [0.4, 0.5) is 16.2 Å². The Morgan fingerprint density at radius 2 is 1.95 bits per heavy atom. The molecule has 2 amide bonds. The van der Waals surface area contributed by atoms with Crippen LogP contribution in [0, 0.1) is 17.2 Å². The number of fused-ring (bicyclic) bond motifs is 5. The molecule has 60 heavy (non-hydrogen) atoms. The number of aromatic nitrogens is 9. The van der Waals surface area contributed by atoms with Gasteiger partial charge in [0, 0.05) is 17.9 Å². The van der Waals surface area contributed by atoms with Crippen molar-refractivity contribution in [3.8, 4) is 6.07 Å². The van der Waals surface area contributed by atoms with E-state index < -0.39 is 88.3 Å². The van der Waals surface area contributed by atoms with Gasteiger partial charge in [-0.25, -0.2) is 19.3 Å². The van der Waals surface area contributed by atoms with Gasteiger partial charge in [0.25, 0.3) is 11.5 Å². The minimum Gasteiger partial charge on any atom is -0.786 e. The number of nitrogens with zero attached hydrogens (tertiary/aromatic N) is 9. The third kappa shape index (κ3) is 8.67. The van der Waals surface area contributed by atoms with Gasteiger partial charge < -0.3 is 37.8 Å². The van der Waals surface area contributed by atoms with Gasteiger partial charge in [-0.1, -0.05) is 37.3 Å².